The molecule has 1 saturated carbocycles. The van der Waals surface area contributed by atoms with E-state index >= 15 is 0 Å². The number of benzene rings is 2. The number of sulfone groups is 1. The van der Waals surface area contributed by atoms with Crippen LogP contribution in [0.5, 0.6) is 0 Å². The molecule has 0 N–H and O–H groups in total. The summed E-state index contributed by atoms with van der Waals surface area (Å²) < 4.78 is 23.4. The van der Waals surface area contributed by atoms with Crippen molar-refractivity contribution < 1.29 is 8.42 Å². The largest absolute Gasteiger partial charge is 0.336 e. The lowest BCUT2D eigenvalue weighted by Gasteiger charge is -2.30. The van der Waals surface area contributed by atoms with Crippen LogP contribution in [-0.2, 0) is 16.4 Å². The Morgan fingerprint density at radius 1 is 0.970 bits per heavy atom. The van der Waals surface area contributed by atoms with Gasteiger partial charge in [0.25, 0.3) is 0 Å². The molecule has 0 radical (unpaired) electrons. The zero-order valence-corrected chi connectivity index (χ0v) is 19.6. The zero-order valence-electron chi connectivity index (χ0n) is 18.8. The van der Waals surface area contributed by atoms with Crippen molar-refractivity contribution in [2.24, 2.45) is 5.92 Å². The lowest BCUT2D eigenvalue weighted by atomic mass is 9.89. The predicted molar refractivity (Wildman–Crippen MR) is 129 cm³/mol. The molecule has 0 spiro atoms. The highest BCUT2D eigenvalue weighted by Gasteiger charge is 2.20. The Kier molecular flexibility index (Phi) is 7.05. The number of hydrogen-bond donors (Lipinski definition) is 0. The molecule has 0 atom stereocenters. The number of hydrogen-bond acceptors (Lipinski definition) is 6. The van der Waals surface area contributed by atoms with Crippen molar-refractivity contribution in [3.8, 4) is 17.2 Å². The van der Waals surface area contributed by atoms with Crippen molar-refractivity contribution in [1.82, 2.24) is 9.97 Å². The smallest absolute Gasteiger partial charge is 0.226 e. The van der Waals surface area contributed by atoms with Gasteiger partial charge in [-0.3, -0.25) is 0 Å². The maximum atomic E-state index is 11.7. The highest BCUT2D eigenvalue weighted by atomic mass is 32.2. The highest BCUT2D eigenvalue weighted by Crippen LogP contribution is 2.27. The maximum Gasteiger partial charge on any atom is 0.226 e. The number of anilines is 1. The van der Waals surface area contributed by atoms with E-state index in [0.717, 1.165) is 23.2 Å². The normalized spacial score (nSPS) is 14.5. The Morgan fingerprint density at radius 3 is 2.21 bits per heavy atom. The fourth-order valence-electron chi connectivity index (χ4n) is 4.38. The molecule has 7 heteroatoms. The van der Waals surface area contributed by atoms with E-state index in [1.165, 1.54) is 38.4 Å². The third-order valence-corrected chi connectivity index (χ3v) is 7.32. The van der Waals surface area contributed by atoms with Crippen LogP contribution in [0.3, 0.4) is 0 Å². The molecule has 2 aromatic carbocycles. The van der Waals surface area contributed by atoms with E-state index in [9.17, 15) is 13.7 Å². The van der Waals surface area contributed by atoms with E-state index in [1.54, 1.807) is 24.4 Å². The SMILES string of the molecule is CS(=O)(=O)c1ccc(-c2ccc(CN(CC3CCCCC3)c3nccc(C#N)n3)cc2)cc1. The Bertz CT molecular complexity index is 1230. The van der Waals surface area contributed by atoms with Gasteiger partial charge in [0.1, 0.15) is 11.8 Å². The van der Waals surface area contributed by atoms with Crippen molar-refractivity contribution in [2.45, 2.75) is 43.5 Å². The standard InChI is InChI=1S/C26H28N4O2S/c1-33(31,32)25-13-11-23(12-14-25)22-9-7-21(8-10-22)19-30(18-20-5-3-2-4-6-20)26-28-16-15-24(17-27)29-26/h7-16,20H,2-6,18-19H2,1H3. The van der Waals surface area contributed by atoms with E-state index in [0.29, 0.717) is 29.0 Å². The maximum absolute atomic E-state index is 11.7. The molecule has 1 aromatic heterocycles. The quantitative estimate of drug-likeness (QED) is 0.493. The summed E-state index contributed by atoms with van der Waals surface area (Å²) in [6.07, 6.45) is 9.15. The molecule has 0 bridgehead atoms. The Balaban J connectivity index is 1.53. The number of rotatable bonds is 7. The third-order valence-electron chi connectivity index (χ3n) is 6.19. The summed E-state index contributed by atoms with van der Waals surface area (Å²) in [6.45, 7) is 1.54. The van der Waals surface area contributed by atoms with Gasteiger partial charge in [-0.15, -0.1) is 0 Å². The average molecular weight is 461 g/mol. The molecular formula is C26H28N4O2S. The average Bonchev–Trinajstić information content (AvgIpc) is 2.84. The van der Waals surface area contributed by atoms with Gasteiger partial charge in [-0.1, -0.05) is 55.7 Å². The number of nitriles is 1. The van der Waals surface area contributed by atoms with Crippen LogP contribution in [0.2, 0.25) is 0 Å². The van der Waals surface area contributed by atoms with Crippen LogP contribution >= 0.6 is 0 Å². The van der Waals surface area contributed by atoms with Gasteiger partial charge in [0, 0.05) is 25.5 Å². The first-order valence-electron chi connectivity index (χ1n) is 11.3. The summed E-state index contributed by atoms with van der Waals surface area (Å²) in [5.74, 6) is 1.21. The monoisotopic (exact) mass is 460 g/mol. The van der Waals surface area contributed by atoms with E-state index in [2.05, 4.69) is 45.2 Å². The first kappa shape index (κ1) is 22.9. The van der Waals surface area contributed by atoms with Gasteiger partial charge in [-0.25, -0.2) is 18.4 Å². The molecule has 0 aliphatic heterocycles. The lowest BCUT2D eigenvalue weighted by Crippen LogP contribution is -2.31. The fourth-order valence-corrected chi connectivity index (χ4v) is 5.01. The van der Waals surface area contributed by atoms with Crippen LogP contribution in [0.1, 0.15) is 43.4 Å². The topological polar surface area (TPSA) is 87.0 Å². The van der Waals surface area contributed by atoms with Gasteiger partial charge < -0.3 is 4.90 Å². The van der Waals surface area contributed by atoms with E-state index in [4.69, 9.17) is 0 Å². The Hall–Kier alpha value is -3.24. The first-order chi connectivity index (χ1) is 15.9. The molecular weight excluding hydrogens is 432 g/mol. The van der Waals surface area contributed by atoms with Crippen molar-refractivity contribution in [3.63, 3.8) is 0 Å². The predicted octanol–water partition coefficient (Wildman–Crippen LogP) is 5.01. The second-order valence-electron chi connectivity index (χ2n) is 8.73. The summed E-state index contributed by atoms with van der Waals surface area (Å²) in [4.78, 5) is 11.4. The summed E-state index contributed by atoms with van der Waals surface area (Å²) in [7, 11) is -3.20. The van der Waals surface area contributed by atoms with Gasteiger partial charge in [0.15, 0.2) is 9.84 Å². The molecule has 170 valence electrons. The van der Waals surface area contributed by atoms with Gasteiger partial charge in [-0.05, 0) is 53.6 Å². The first-order valence-corrected chi connectivity index (χ1v) is 13.2. The van der Waals surface area contributed by atoms with Crippen LogP contribution in [0.4, 0.5) is 5.95 Å². The number of nitrogens with zero attached hydrogens (tertiary/aromatic N) is 4. The molecule has 0 saturated heterocycles. The van der Waals surface area contributed by atoms with Gasteiger partial charge >= 0.3 is 0 Å². The van der Waals surface area contributed by atoms with Gasteiger partial charge in [-0.2, -0.15) is 5.26 Å². The van der Waals surface area contributed by atoms with E-state index in [-0.39, 0.29) is 0 Å². The van der Waals surface area contributed by atoms with Crippen LogP contribution in [0.15, 0.2) is 65.7 Å². The van der Waals surface area contributed by atoms with Crippen LogP contribution in [0, 0.1) is 17.2 Å². The minimum atomic E-state index is -3.20. The molecule has 6 nitrogen and oxygen atoms in total. The summed E-state index contributed by atoms with van der Waals surface area (Å²) in [5.41, 5.74) is 3.51. The van der Waals surface area contributed by atoms with Crippen LogP contribution in [-0.4, -0.2) is 31.2 Å². The van der Waals surface area contributed by atoms with E-state index in [1.807, 2.05) is 12.1 Å². The molecule has 3 aromatic rings. The Morgan fingerprint density at radius 2 is 1.61 bits per heavy atom. The van der Waals surface area contributed by atoms with Crippen LogP contribution in [0.25, 0.3) is 11.1 Å². The van der Waals surface area contributed by atoms with Gasteiger partial charge in [0.2, 0.25) is 5.95 Å². The van der Waals surface area contributed by atoms with E-state index < -0.39 is 9.84 Å². The summed E-state index contributed by atoms with van der Waals surface area (Å²) in [6, 6.07) is 19.0. The molecule has 0 unspecified atom stereocenters. The third kappa shape index (κ3) is 5.96. The molecule has 0 amide bonds. The molecule has 1 aliphatic rings. The molecule has 33 heavy (non-hydrogen) atoms. The Labute approximate surface area is 195 Å². The molecule has 1 heterocycles. The number of aromatic nitrogens is 2. The van der Waals surface area contributed by atoms with Crippen molar-refractivity contribution in [1.29, 1.82) is 5.26 Å². The summed E-state index contributed by atoms with van der Waals surface area (Å²) >= 11 is 0. The minimum Gasteiger partial charge on any atom is -0.336 e. The molecule has 4 rings (SSSR count). The second kappa shape index (κ2) is 10.1. The molecule has 1 fully saturated rings. The van der Waals surface area contributed by atoms with Crippen molar-refractivity contribution in [3.05, 3.63) is 72.1 Å². The van der Waals surface area contributed by atoms with Crippen molar-refractivity contribution in [2.75, 3.05) is 17.7 Å². The van der Waals surface area contributed by atoms with Crippen LogP contribution < -0.4 is 4.90 Å². The minimum absolute atomic E-state index is 0.320. The van der Waals surface area contributed by atoms with Gasteiger partial charge in [0.05, 0.1) is 4.90 Å². The summed E-state index contributed by atoms with van der Waals surface area (Å²) in [5, 5.41) is 9.26. The fraction of sp³-hybridized carbons (Fsp3) is 0.346. The molecule has 1 aliphatic carbocycles. The van der Waals surface area contributed by atoms with Crippen molar-refractivity contribution >= 4 is 15.8 Å². The lowest BCUT2D eigenvalue weighted by molar-refractivity contribution is 0.356. The second-order valence-corrected chi connectivity index (χ2v) is 10.7. The highest BCUT2D eigenvalue weighted by molar-refractivity contribution is 7.90. The zero-order chi connectivity index (χ0) is 23.3.